The lowest BCUT2D eigenvalue weighted by Gasteiger charge is -2.41. The highest BCUT2D eigenvalue weighted by molar-refractivity contribution is 6.05. The number of carbonyl (C=O) groups is 1. The Balaban J connectivity index is 1.24. The molecule has 0 bridgehead atoms. The van der Waals surface area contributed by atoms with Crippen LogP contribution in [0.2, 0.25) is 0 Å². The second kappa shape index (κ2) is 6.97. The van der Waals surface area contributed by atoms with E-state index in [1.165, 1.54) is 18.4 Å². The first-order chi connectivity index (χ1) is 14.0. The molecule has 4 heterocycles. The summed E-state index contributed by atoms with van der Waals surface area (Å²) in [5.41, 5.74) is 1.98. The van der Waals surface area contributed by atoms with Gasteiger partial charge in [-0.1, -0.05) is 6.08 Å². The fourth-order valence-corrected chi connectivity index (χ4v) is 4.48. The molecule has 0 atom stereocenters. The van der Waals surface area contributed by atoms with Crippen LogP contribution in [0, 0.1) is 11.8 Å². The van der Waals surface area contributed by atoms with E-state index in [9.17, 15) is 4.79 Å². The zero-order chi connectivity index (χ0) is 20.0. The van der Waals surface area contributed by atoms with E-state index in [0.717, 1.165) is 42.8 Å². The Morgan fingerprint density at radius 2 is 2.10 bits per heavy atom. The SMILES string of the molecule is CC1(C)C2=CCN=C(NCC3CC3)C2=CN1C(=O)CC1CN(c2ccncn2)C1. The predicted molar refractivity (Wildman–Crippen MR) is 112 cm³/mol. The molecule has 29 heavy (non-hydrogen) atoms. The summed E-state index contributed by atoms with van der Waals surface area (Å²) in [5, 5.41) is 3.52. The predicted octanol–water partition coefficient (Wildman–Crippen LogP) is 2.15. The Bertz CT molecular complexity index is 893. The van der Waals surface area contributed by atoms with E-state index in [-0.39, 0.29) is 11.4 Å². The number of nitrogens with one attached hydrogen (secondary N) is 1. The topological polar surface area (TPSA) is 73.7 Å². The quantitative estimate of drug-likeness (QED) is 0.831. The monoisotopic (exact) mass is 392 g/mol. The number of aromatic nitrogens is 2. The number of carbonyl (C=O) groups excluding carboxylic acids is 1. The maximum Gasteiger partial charge on any atom is 0.227 e. The van der Waals surface area contributed by atoms with Crippen LogP contribution in [0.15, 0.2) is 47.0 Å². The summed E-state index contributed by atoms with van der Waals surface area (Å²) in [5.74, 6) is 3.23. The summed E-state index contributed by atoms with van der Waals surface area (Å²) in [6.07, 6.45) is 10.7. The minimum atomic E-state index is -0.328. The molecule has 1 N–H and O–H groups in total. The lowest BCUT2D eigenvalue weighted by Crippen LogP contribution is -2.50. The molecular weight excluding hydrogens is 364 g/mol. The van der Waals surface area contributed by atoms with Crippen molar-refractivity contribution in [3.8, 4) is 0 Å². The number of fused-ring (bicyclic) bond motifs is 1. The van der Waals surface area contributed by atoms with Crippen molar-refractivity contribution in [2.24, 2.45) is 16.8 Å². The molecule has 1 saturated carbocycles. The Hall–Kier alpha value is -2.70. The maximum atomic E-state index is 13.2. The van der Waals surface area contributed by atoms with Gasteiger partial charge in [-0.2, -0.15) is 0 Å². The van der Waals surface area contributed by atoms with Gasteiger partial charge in [-0.3, -0.25) is 9.79 Å². The molecule has 2 fully saturated rings. The number of hydrogen-bond acceptors (Lipinski definition) is 6. The Morgan fingerprint density at radius 1 is 1.28 bits per heavy atom. The lowest BCUT2D eigenvalue weighted by molar-refractivity contribution is -0.132. The molecule has 0 radical (unpaired) electrons. The summed E-state index contributed by atoms with van der Waals surface area (Å²) in [4.78, 5) is 30.2. The third kappa shape index (κ3) is 3.43. The molecule has 3 aliphatic heterocycles. The van der Waals surface area contributed by atoms with Gasteiger partial charge in [0.25, 0.3) is 0 Å². The van der Waals surface area contributed by atoms with Crippen molar-refractivity contribution in [1.82, 2.24) is 20.2 Å². The number of amidine groups is 1. The zero-order valence-electron chi connectivity index (χ0n) is 17.1. The maximum absolute atomic E-state index is 13.2. The van der Waals surface area contributed by atoms with Gasteiger partial charge in [-0.05, 0) is 44.2 Å². The Morgan fingerprint density at radius 3 is 2.83 bits per heavy atom. The van der Waals surface area contributed by atoms with Crippen LogP contribution in [0.25, 0.3) is 0 Å². The molecule has 1 saturated heterocycles. The minimum absolute atomic E-state index is 0.187. The van der Waals surface area contributed by atoms with Crippen molar-refractivity contribution in [1.29, 1.82) is 0 Å². The molecule has 1 aromatic rings. The molecule has 1 aromatic heterocycles. The van der Waals surface area contributed by atoms with E-state index in [1.54, 1.807) is 12.5 Å². The van der Waals surface area contributed by atoms with Crippen molar-refractivity contribution in [3.05, 3.63) is 42.0 Å². The number of nitrogens with zero attached hydrogens (tertiary/aromatic N) is 5. The van der Waals surface area contributed by atoms with Crippen LogP contribution in [-0.2, 0) is 4.79 Å². The number of amides is 1. The van der Waals surface area contributed by atoms with Gasteiger partial charge in [0.15, 0.2) is 0 Å². The van der Waals surface area contributed by atoms with Gasteiger partial charge in [-0.15, -0.1) is 0 Å². The number of hydrogen-bond donors (Lipinski definition) is 1. The van der Waals surface area contributed by atoms with Crippen molar-refractivity contribution in [3.63, 3.8) is 0 Å². The largest absolute Gasteiger partial charge is 0.370 e. The normalized spacial score (nSPS) is 23.0. The first-order valence-electron chi connectivity index (χ1n) is 10.6. The summed E-state index contributed by atoms with van der Waals surface area (Å²) < 4.78 is 0. The summed E-state index contributed by atoms with van der Waals surface area (Å²) in [6, 6.07) is 1.92. The van der Waals surface area contributed by atoms with Crippen molar-refractivity contribution in [2.75, 3.05) is 31.1 Å². The number of dihydropyridines is 1. The third-order valence-corrected chi connectivity index (χ3v) is 6.44. The van der Waals surface area contributed by atoms with E-state index in [0.29, 0.717) is 18.9 Å². The van der Waals surface area contributed by atoms with Crippen molar-refractivity contribution in [2.45, 2.75) is 38.6 Å². The van der Waals surface area contributed by atoms with Gasteiger partial charge in [0.2, 0.25) is 5.91 Å². The molecule has 7 heteroatoms. The molecule has 152 valence electrons. The lowest BCUT2D eigenvalue weighted by atomic mass is 9.88. The fourth-order valence-electron chi connectivity index (χ4n) is 4.48. The average molecular weight is 393 g/mol. The number of rotatable bonds is 5. The summed E-state index contributed by atoms with van der Waals surface area (Å²) in [6.45, 7) is 7.67. The summed E-state index contributed by atoms with van der Waals surface area (Å²) in [7, 11) is 0. The van der Waals surface area contributed by atoms with Gasteiger partial charge < -0.3 is 15.1 Å². The van der Waals surface area contributed by atoms with Crippen molar-refractivity contribution >= 4 is 17.6 Å². The van der Waals surface area contributed by atoms with E-state index < -0.39 is 0 Å². The zero-order valence-corrected chi connectivity index (χ0v) is 17.1. The second-order valence-electron chi connectivity index (χ2n) is 9.04. The van der Waals surface area contributed by atoms with E-state index in [2.05, 4.69) is 45.1 Å². The molecule has 0 spiro atoms. The smallest absolute Gasteiger partial charge is 0.227 e. The molecule has 0 aromatic carbocycles. The molecular formula is C22H28N6O. The fraction of sp³-hybridized carbons (Fsp3) is 0.545. The van der Waals surface area contributed by atoms with Gasteiger partial charge in [0.05, 0.1) is 12.1 Å². The molecule has 7 nitrogen and oxygen atoms in total. The van der Waals surface area contributed by atoms with Crippen LogP contribution in [0.3, 0.4) is 0 Å². The standard InChI is InChI=1S/C22H28N6O/c1-22(2)18-5-8-24-21(25-10-15-3-4-15)17(18)13-28(22)20(29)9-16-11-27(12-16)19-6-7-23-14-26-19/h5-7,13-16H,3-4,8-12H2,1-2H3,(H,24,25). The van der Waals surface area contributed by atoms with Crippen LogP contribution >= 0.6 is 0 Å². The Labute approximate surface area is 171 Å². The number of anilines is 1. The average Bonchev–Trinajstić information content (AvgIpc) is 3.47. The molecule has 0 unspecified atom stereocenters. The van der Waals surface area contributed by atoms with E-state index in [1.807, 2.05) is 17.2 Å². The highest BCUT2D eigenvalue weighted by Gasteiger charge is 2.44. The van der Waals surface area contributed by atoms with Crippen molar-refractivity contribution < 1.29 is 4.79 Å². The van der Waals surface area contributed by atoms with Crippen LogP contribution in [0.1, 0.15) is 33.1 Å². The van der Waals surface area contributed by atoms with E-state index >= 15 is 0 Å². The van der Waals surface area contributed by atoms with Gasteiger partial charge in [-0.25, -0.2) is 9.97 Å². The molecule has 1 amide bonds. The van der Waals surface area contributed by atoms with Crippen LogP contribution in [0.4, 0.5) is 5.82 Å². The molecule has 4 aliphatic rings. The van der Waals surface area contributed by atoms with Crippen LogP contribution in [0.5, 0.6) is 0 Å². The molecule has 1 aliphatic carbocycles. The minimum Gasteiger partial charge on any atom is -0.370 e. The third-order valence-electron chi connectivity index (χ3n) is 6.44. The first-order valence-corrected chi connectivity index (χ1v) is 10.6. The molecule has 5 rings (SSSR count). The first kappa shape index (κ1) is 18.3. The number of aliphatic imine (C=N–C) groups is 1. The van der Waals surface area contributed by atoms with Gasteiger partial charge in [0, 0.05) is 49.9 Å². The van der Waals surface area contributed by atoms with E-state index in [4.69, 9.17) is 0 Å². The summed E-state index contributed by atoms with van der Waals surface area (Å²) >= 11 is 0. The van der Waals surface area contributed by atoms with Crippen LogP contribution < -0.4 is 10.2 Å². The Kier molecular flexibility index (Phi) is 4.41. The van der Waals surface area contributed by atoms with Crippen LogP contribution in [-0.4, -0.2) is 58.3 Å². The van der Waals surface area contributed by atoms with Gasteiger partial charge in [0.1, 0.15) is 18.0 Å². The van der Waals surface area contributed by atoms with Gasteiger partial charge >= 0.3 is 0 Å². The highest BCUT2D eigenvalue weighted by Crippen LogP contribution is 2.40. The second-order valence-corrected chi connectivity index (χ2v) is 9.04. The highest BCUT2D eigenvalue weighted by atomic mass is 16.2.